The first-order valence-corrected chi connectivity index (χ1v) is 10.5. The SMILES string of the molecule is CCNC(=NCc1cnn(Cc2ccccc2)c1)NCC(C)Oc1ccccc1OC.I. The third kappa shape index (κ3) is 8.07. The van der Waals surface area contributed by atoms with Crippen molar-refractivity contribution in [2.24, 2.45) is 4.99 Å². The Morgan fingerprint density at radius 2 is 1.75 bits per heavy atom. The molecule has 3 rings (SSSR count). The van der Waals surface area contributed by atoms with E-state index in [1.54, 1.807) is 7.11 Å². The maximum atomic E-state index is 6.00. The highest BCUT2D eigenvalue weighted by Crippen LogP contribution is 2.26. The molecule has 32 heavy (non-hydrogen) atoms. The van der Waals surface area contributed by atoms with E-state index in [0.29, 0.717) is 13.1 Å². The van der Waals surface area contributed by atoms with Gasteiger partial charge in [0.15, 0.2) is 17.5 Å². The highest BCUT2D eigenvalue weighted by Gasteiger charge is 2.09. The van der Waals surface area contributed by atoms with E-state index in [1.165, 1.54) is 5.56 Å². The van der Waals surface area contributed by atoms with E-state index in [2.05, 4.69) is 32.9 Å². The summed E-state index contributed by atoms with van der Waals surface area (Å²) in [7, 11) is 1.64. The zero-order valence-corrected chi connectivity index (χ0v) is 21.2. The summed E-state index contributed by atoms with van der Waals surface area (Å²) in [5.74, 6) is 2.20. The van der Waals surface area contributed by atoms with Crippen LogP contribution in [0.2, 0.25) is 0 Å². The molecule has 0 fully saturated rings. The van der Waals surface area contributed by atoms with Gasteiger partial charge in [-0.25, -0.2) is 4.99 Å². The number of para-hydroxylation sites is 2. The van der Waals surface area contributed by atoms with Gasteiger partial charge in [0.05, 0.1) is 32.9 Å². The second-order valence-corrected chi connectivity index (χ2v) is 7.19. The Kier molecular flexibility index (Phi) is 10.9. The van der Waals surface area contributed by atoms with Gasteiger partial charge in [-0.1, -0.05) is 42.5 Å². The normalized spacial score (nSPS) is 11.9. The molecule has 1 heterocycles. The van der Waals surface area contributed by atoms with Crippen molar-refractivity contribution in [3.8, 4) is 11.5 Å². The summed E-state index contributed by atoms with van der Waals surface area (Å²) in [5.41, 5.74) is 2.28. The fraction of sp³-hybridized carbons (Fsp3) is 0.333. The molecule has 0 aliphatic carbocycles. The molecular weight excluding hydrogens is 517 g/mol. The van der Waals surface area contributed by atoms with E-state index in [-0.39, 0.29) is 30.1 Å². The van der Waals surface area contributed by atoms with Gasteiger partial charge in [-0.2, -0.15) is 5.10 Å². The Labute approximate surface area is 207 Å². The maximum absolute atomic E-state index is 6.00. The number of ether oxygens (including phenoxy) is 2. The second kappa shape index (κ2) is 13.6. The first-order valence-electron chi connectivity index (χ1n) is 10.5. The lowest BCUT2D eigenvalue weighted by Crippen LogP contribution is -2.41. The summed E-state index contributed by atoms with van der Waals surface area (Å²) in [6.45, 7) is 6.74. The quantitative estimate of drug-likeness (QED) is 0.227. The molecule has 0 amide bonds. The van der Waals surface area contributed by atoms with E-state index >= 15 is 0 Å². The lowest BCUT2D eigenvalue weighted by Gasteiger charge is -2.19. The molecule has 0 radical (unpaired) electrons. The number of hydrogen-bond donors (Lipinski definition) is 2. The number of hydrogen-bond acceptors (Lipinski definition) is 4. The van der Waals surface area contributed by atoms with Gasteiger partial charge in [0.2, 0.25) is 0 Å². The maximum Gasteiger partial charge on any atom is 0.191 e. The molecule has 0 aliphatic rings. The van der Waals surface area contributed by atoms with Crippen LogP contribution in [0.5, 0.6) is 11.5 Å². The molecule has 172 valence electrons. The molecule has 7 nitrogen and oxygen atoms in total. The van der Waals surface area contributed by atoms with Gasteiger partial charge in [0.25, 0.3) is 0 Å². The largest absolute Gasteiger partial charge is 0.493 e. The van der Waals surface area contributed by atoms with E-state index < -0.39 is 0 Å². The average molecular weight is 549 g/mol. The van der Waals surface area contributed by atoms with Gasteiger partial charge in [-0.3, -0.25) is 4.68 Å². The Morgan fingerprint density at radius 1 is 1.03 bits per heavy atom. The molecule has 1 unspecified atom stereocenters. The number of nitrogens with one attached hydrogen (secondary N) is 2. The lowest BCUT2D eigenvalue weighted by atomic mass is 10.2. The smallest absolute Gasteiger partial charge is 0.191 e. The molecule has 0 saturated heterocycles. The standard InChI is InChI=1S/C24H31N5O2.HI/c1-4-25-24(26-14-19(2)31-23-13-9-8-12-22(23)30-3)27-15-21-16-28-29(18-21)17-20-10-6-5-7-11-20;/h5-13,16,18-19H,4,14-15,17H2,1-3H3,(H2,25,26,27);1H. The number of guanidine groups is 1. The fourth-order valence-electron chi connectivity index (χ4n) is 3.07. The number of benzene rings is 2. The van der Waals surface area contributed by atoms with Gasteiger partial charge in [-0.15, -0.1) is 24.0 Å². The predicted octanol–water partition coefficient (Wildman–Crippen LogP) is 4.08. The van der Waals surface area contributed by atoms with E-state index in [9.17, 15) is 0 Å². The molecule has 0 saturated carbocycles. The van der Waals surface area contributed by atoms with Crippen LogP contribution in [-0.4, -0.2) is 42.0 Å². The van der Waals surface area contributed by atoms with Crippen LogP contribution in [-0.2, 0) is 13.1 Å². The zero-order valence-electron chi connectivity index (χ0n) is 18.8. The minimum absolute atomic E-state index is 0. The van der Waals surface area contributed by atoms with Crippen LogP contribution in [0.4, 0.5) is 0 Å². The zero-order chi connectivity index (χ0) is 21.9. The van der Waals surface area contributed by atoms with E-state index in [1.807, 2.05) is 73.4 Å². The minimum Gasteiger partial charge on any atom is -0.493 e. The topological polar surface area (TPSA) is 72.7 Å². The summed E-state index contributed by atoms with van der Waals surface area (Å²) < 4.78 is 13.3. The lowest BCUT2D eigenvalue weighted by molar-refractivity contribution is 0.213. The number of aromatic nitrogens is 2. The molecule has 1 atom stereocenters. The van der Waals surface area contributed by atoms with Gasteiger partial charge in [0, 0.05) is 18.3 Å². The highest BCUT2D eigenvalue weighted by molar-refractivity contribution is 14.0. The summed E-state index contributed by atoms with van der Waals surface area (Å²) >= 11 is 0. The van der Waals surface area contributed by atoms with Crippen LogP contribution in [0.25, 0.3) is 0 Å². The molecule has 3 aromatic rings. The fourth-order valence-corrected chi connectivity index (χ4v) is 3.07. The molecule has 8 heteroatoms. The van der Waals surface area contributed by atoms with Crippen molar-refractivity contribution in [3.63, 3.8) is 0 Å². The summed E-state index contributed by atoms with van der Waals surface area (Å²) in [6, 6.07) is 17.9. The van der Waals surface area contributed by atoms with E-state index in [0.717, 1.165) is 36.1 Å². The number of aliphatic imine (C=N–C) groups is 1. The van der Waals surface area contributed by atoms with Crippen LogP contribution < -0.4 is 20.1 Å². The molecule has 0 aliphatic heterocycles. The van der Waals surface area contributed by atoms with Crippen LogP contribution in [0.1, 0.15) is 25.0 Å². The summed E-state index contributed by atoms with van der Waals surface area (Å²) in [6.07, 6.45) is 3.84. The molecule has 2 aromatic carbocycles. The van der Waals surface area contributed by atoms with Crippen LogP contribution in [0.3, 0.4) is 0 Å². The molecule has 1 aromatic heterocycles. The second-order valence-electron chi connectivity index (χ2n) is 7.19. The van der Waals surface area contributed by atoms with Crippen molar-refractivity contribution in [3.05, 3.63) is 78.1 Å². The summed E-state index contributed by atoms with van der Waals surface area (Å²) in [5, 5.41) is 11.1. The molecule has 0 spiro atoms. The predicted molar refractivity (Wildman–Crippen MR) is 139 cm³/mol. The van der Waals surface area contributed by atoms with Crippen LogP contribution in [0, 0.1) is 0 Å². The molecule has 0 bridgehead atoms. The Bertz CT molecular complexity index is 962. The Balaban J connectivity index is 0.00000363. The number of halogens is 1. The van der Waals surface area contributed by atoms with Gasteiger partial charge < -0.3 is 20.1 Å². The third-order valence-corrected chi connectivity index (χ3v) is 4.59. The summed E-state index contributed by atoms with van der Waals surface area (Å²) in [4.78, 5) is 4.68. The number of methoxy groups -OCH3 is 1. The minimum atomic E-state index is -0.0613. The third-order valence-electron chi connectivity index (χ3n) is 4.59. The Hall–Kier alpha value is -2.75. The van der Waals surface area contributed by atoms with Crippen molar-refractivity contribution in [1.82, 2.24) is 20.4 Å². The van der Waals surface area contributed by atoms with Gasteiger partial charge in [-0.05, 0) is 31.5 Å². The van der Waals surface area contributed by atoms with Crippen LogP contribution >= 0.6 is 24.0 Å². The van der Waals surface area contributed by atoms with Crippen molar-refractivity contribution in [1.29, 1.82) is 0 Å². The monoisotopic (exact) mass is 549 g/mol. The van der Waals surface area contributed by atoms with Crippen molar-refractivity contribution < 1.29 is 9.47 Å². The van der Waals surface area contributed by atoms with Gasteiger partial charge in [0.1, 0.15) is 6.10 Å². The first-order chi connectivity index (χ1) is 15.2. The van der Waals surface area contributed by atoms with Crippen molar-refractivity contribution in [2.45, 2.75) is 33.0 Å². The van der Waals surface area contributed by atoms with Crippen molar-refractivity contribution >= 4 is 29.9 Å². The van der Waals surface area contributed by atoms with E-state index in [4.69, 9.17) is 9.47 Å². The highest BCUT2D eigenvalue weighted by atomic mass is 127. The molecular formula is C24H32IN5O2. The number of rotatable bonds is 10. The first kappa shape index (κ1) is 25.5. The van der Waals surface area contributed by atoms with Crippen LogP contribution in [0.15, 0.2) is 72.0 Å². The average Bonchev–Trinajstić information content (AvgIpc) is 3.24. The molecule has 2 N–H and O–H groups in total. The van der Waals surface area contributed by atoms with Crippen molar-refractivity contribution in [2.75, 3.05) is 20.2 Å². The number of nitrogens with zero attached hydrogens (tertiary/aromatic N) is 3. The Morgan fingerprint density at radius 3 is 2.47 bits per heavy atom. The van der Waals surface area contributed by atoms with Gasteiger partial charge >= 0.3 is 0 Å².